The molecule has 96 valence electrons. The smallest absolute Gasteiger partial charge is 0.0623 e. The maximum Gasteiger partial charge on any atom is 0.0623 e. The molecule has 3 nitrogen and oxygen atoms in total. The van der Waals surface area contributed by atoms with Crippen LogP contribution in [0, 0.1) is 11.3 Å². The molecule has 0 aromatic heterocycles. The quantitative estimate of drug-likeness (QED) is 0.762. The summed E-state index contributed by atoms with van der Waals surface area (Å²) < 4.78 is 0. The average molecular weight is 228 g/mol. The van der Waals surface area contributed by atoms with Crippen LogP contribution >= 0.6 is 0 Å². The molecule has 0 aliphatic carbocycles. The molecule has 1 heterocycles. The van der Waals surface area contributed by atoms with Gasteiger partial charge in [-0.15, -0.1) is 0 Å². The molecule has 2 unspecified atom stereocenters. The van der Waals surface area contributed by atoms with E-state index in [9.17, 15) is 5.11 Å². The predicted octanol–water partition coefficient (Wildman–Crippen LogP) is 1.32. The van der Waals surface area contributed by atoms with Gasteiger partial charge in [0.15, 0.2) is 0 Å². The first kappa shape index (κ1) is 13.9. The van der Waals surface area contributed by atoms with E-state index < -0.39 is 0 Å². The molecular weight excluding hydrogens is 200 g/mol. The zero-order chi connectivity index (χ0) is 12.4. The first-order valence-electron chi connectivity index (χ1n) is 6.33. The highest BCUT2D eigenvalue weighted by molar-refractivity contribution is 4.90. The van der Waals surface area contributed by atoms with Crippen LogP contribution in [0.5, 0.6) is 0 Å². The van der Waals surface area contributed by atoms with Crippen molar-refractivity contribution in [1.29, 1.82) is 0 Å². The molecule has 0 radical (unpaired) electrons. The van der Waals surface area contributed by atoms with Crippen LogP contribution in [-0.4, -0.2) is 48.8 Å². The van der Waals surface area contributed by atoms with Gasteiger partial charge in [0.25, 0.3) is 0 Å². The number of aliphatic hydroxyl groups is 1. The first-order valence-corrected chi connectivity index (χ1v) is 6.33. The van der Waals surface area contributed by atoms with E-state index in [-0.39, 0.29) is 12.1 Å². The van der Waals surface area contributed by atoms with E-state index in [4.69, 9.17) is 0 Å². The summed E-state index contributed by atoms with van der Waals surface area (Å²) in [6.45, 7) is 12.5. The molecular formula is C13H28N2O. The Kier molecular flexibility index (Phi) is 4.38. The van der Waals surface area contributed by atoms with Crippen LogP contribution in [0.1, 0.15) is 34.1 Å². The van der Waals surface area contributed by atoms with Crippen molar-refractivity contribution in [3.63, 3.8) is 0 Å². The van der Waals surface area contributed by atoms with E-state index in [1.807, 2.05) is 7.05 Å². The first-order chi connectivity index (χ1) is 7.30. The molecule has 0 saturated carbocycles. The molecule has 2 atom stereocenters. The van der Waals surface area contributed by atoms with Gasteiger partial charge in [-0.05, 0) is 38.3 Å². The van der Waals surface area contributed by atoms with Gasteiger partial charge >= 0.3 is 0 Å². The minimum atomic E-state index is -0.160. The van der Waals surface area contributed by atoms with Gasteiger partial charge in [-0.1, -0.05) is 20.8 Å². The van der Waals surface area contributed by atoms with Crippen molar-refractivity contribution in [1.82, 2.24) is 10.2 Å². The number of hydrogen-bond acceptors (Lipinski definition) is 3. The Morgan fingerprint density at radius 1 is 1.31 bits per heavy atom. The minimum Gasteiger partial charge on any atom is -0.394 e. The fraction of sp³-hybridized carbons (Fsp3) is 1.00. The minimum absolute atomic E-state index is 0.160. The molecule has 0 aromatic carbocycles. The van der Waals surface area contributed by atoms with Gasteiger partial charge in [-0.3, -0.25) is 0 Å². The highest BCUT2D eigenvalue weighted by Crippen LogP contribution is 2.33. The summed E-state index contributed by atoms with van der Waals surface area (Å²) in [4.78, 5) is 2.47. The van der Waals surface area contributed by atoms with Crippen LogP contribution in [0.3, 0.4) is 0 Å². The number of aliphatic hydroxyl groups excluding tert-OH is 1. The van der Waals surface area contributed by atoms with Crippen LogP contribution in [0.15, 0.2) is 0 Å². The Bertz CT molecular complexity index is 218. The second kappa shape index (κ2) is 5.03. The number of nitrogens with one attached hydrogen (secondary N) is 1. The van der Waals surface area contributed by atoms with Gasteiger partial charge in [0.1, 0.15) is 0 Å². The fourth-order valence-electron chi connectivity index (χ4n) is 2.38. The lowest BCUT2D eigenvalue weighted by molar-refractivity contribution is 0.131. The molecule has 0 amide bonds. The second-order valence-corrected chi connectivity index (χ2v) is 6.56. The molecule has 16 heavy (non-hydrogen) atoms. The summed E-state index contributed by atoms with van der Waals surface area (Å²) in [6, 6.07) is 0. The van der Waals surface area contributed by atoms with Crippen molar-refractivity contribution in [3.8, 4) is 0 Å². The van der Waals surface area contributed by atoms with Gasteiger partial charge in [-0.25, -0.2) is 0 Å². The number of likely N-dealkylation sites (tertiary alicyclic amines) is 1. The fourth-order valence-corrected chi connectivity index (χ4v) is 2.38. The molecule has 2 N–H and O–H groups in total. The third-order valence-corrected chi connectivity index (χ3v) is 4.02. The van der Waals surface area contributed by atoms with Crippen molar-refractivity contribution in [2.45, 2.75) is 39.7 Å². The molecule has 1 rings (SSSR count). The largest absolute Gasteiger partial charge is 0.394 e. The summed E-state index contributed by atoms with van der Waals surface area (Å²) in [7, 11) is 1.92. The zero-order valence-corrected chi connectivity index (χ0v) is 11.5. The third-order valence-electron chi connectivity index (χ3n) is 4.02. The van der Waals surface area contributed by atoms with Crippen LogP contribution < -0.4 is 5.32 Å². The number of hydrogen-bond donors (Lipinski definition) is 2. The highest BCUT2D eigenvalue weighted by Gasteiger charge is 2.34. The van der Waals surface area contributed by atoms with Crippen LogP contribution in [0.25, 0.3) is 0 Å². The summed E-state index contributed by atoms with van der Waals surface area (Å²) in [5, 5.41) is 12.6. The summed E-state index contributed by atoms with van der Waals surface area (Å²) in [5.41, 5.74) is 0.247. The Morgan fingerprint density at radius 2 is 1.94 bits per heavy atom. The van der Waals surface area contributed by atoms with E-state index in [2.05, 4.69) is 37.9 Å². The molecule has 1 aliphatic rings. The molecule has 0 bridgehead atoms. The molecule has 0 aromatic rings. The Labute approximate surface area is 100 Å². The van der Waals surface area contributed by atoms with E-state index in [0.717, 1.165) is 12.5 Å². The Hall–Kier alpha value is -0.120. The van der Waals surface area contributed by atoms with Crippen molar-refractivity contribution in [2.24, 2.45) is 11.3 Å². The molecule has 3 heteroatoms. The van der Waals surface area contributed by atoms with Crippen molar-refractivity contribution in [3.05, 3.63) is 0 Å². The second-order valence-electron chi connectivity index (χ2n) is 6.56. The van der Waals surface area contributed by atoms with Gasteiger partial charge in [-0.2, -0.15) is 0 Å². The highest BCUT2D eigenvalue weighted by atomic mass is 16.3. The third kappa shape index (κ3) is 3.44. The maximum atomic E-state index is 9.38. The van der Waals surface area contributed by atoms with Crippen molar-refractivity contribution < 1.29 is 5.11 Å². The van der Waals surface area contributed by atoms with Crippen LogP contribution in [0.2, 0.25) is 0 Å². The summed E-state index contributed by atoms with van der Waals surface area (Å²) >= 11 is 0. The standard InChI is InChI=1S/C13H28N2O/c1-12(2,3)11-6-7-15(8-11)9-13(4,10-16)14-5/h11,14,16H,6-10H2,1-5H3. The normalized spacial score (nSPS) is 27.0. The number of likely N-dealkylation sites (N-methyl/N-ethyl adjacent to an activating group) is 1. The lowest BCUT2D eigenvalue weighted by atomic mass is 9.80. The lowest BCUT2D eigenvalue weighted by Gasteiger charge is -2.33. The average Bonchev–Trinajstić information content (AvgIpc) is 2.65. The van der Waals surface area contributed by atoms with E-state index in [1.54, 1.807) is 0 Å². The zero-order valence-electron chi connectivity index (χ0n) is 11.5. The van der Waals surface area contributed by atoms with E-state index in [0.29, 0.717) is 5.41 Å². The van der Waals surface area contributed by atoms with Crippen molar-refractivity contribution in [2.75, 3.05) is 33.3 Å². The molecule has 1 saturated heterocycles. The topological polar surface area (TPSA) is 35.5 Å². The summed E-state index contributed by atoms with van der Waals surface area (Å²) in [5.74, 6) is 0.785. The van der Waals surface area contributed by atoms with Gasteiger partial charge in [0.05, 0.1) is 12.1 Å². The summed E-state index contributed by atoms with van der Waals surface area (Å²) in [6.07, 6.45) is 1.29. The van der Waals surface area contributed by atoms with Gasteiger partial charge in [0, 0.05) is 13.1 Å². The maximum absolute atomic E-state index is 9.38. The molecule has 1 aliphatic heterocycles. The van der Waals surface area contributed by atoms with Crippen LogP contribution in [0.4, 0.5) is 0 Å². The molecule has 0 spiro atoms. The molecule has 1 fully saturated rings. The van der Waals surface area contributed by atoms with Gasteiger partial charge < -0.3 is 15.3 Å². The Morgan fingerprint density at radius 3 is 2.31 bits per heavy atom. The SMILES string of the molecule is CNC(C)(CO)CN1CCC(C(C)(C)C)C1. The van der Waals surface area contributed by atoms with E-state index in [1.165, 1.54) is 19.5 Å². The van der Waals surface area contributed by atoms with Crippen LogP contribution in [-0.2, 0) is 0 Å². The number of rotatable bonds is 4. The lowest BCUT2D eigenvalue weighted by Crippen LogP contribution is -2.52. The van der Waals surface area contributed by atoms with E-state index >= 15 is 0 Å². The monoisotopic (exact) mass is 228 g/mol. The van der Waals surface area contributed by atoms with Crippen molar-refractivity contribution >= 4 is 0 Å². The number of nitrogens with zero attached hydrogens (tertiary/aromatic N) is 1. The Balaban J connectivity index is 2.48. The van der Waals surface area contributed by atoms with Gasteiger partial charge in [0.2, 0.25) is 0 Å². The predicted molar refractivity (Wildman–Crippen MR) is 68.6 cm³/mol.